The van der Waals surface area contributed by atoms with Crippen LogP contribution in [0.15, 0.2) is 54.9 Å². The first-order chi connectivity index (χ1) is 14.1. The summed E-state index contributed by atoms with van der Waals surface area (Å²) in [5.74, 6) is -1.11. The summed E-state index contributed by atoms with van der Waals surface area (Å²) in [7, 11) is 0. The molecule has 6 nitrogen and oxygen atoms in total. The van der Waals surface area contributed by atoms with E-state index in [0.717, 1.165) is 5.56 Å². The fourth-order valence-electron chi connectivity index (χ4n) is 2.51. The van der Waals surface area contributed by atoms with Gasteiger partial charge in [0.05, 0.1) is 11.1 Å². The molecule has 0 unspecified atom stereocenters. The summed E-state index contributed by atoms with van der Waals surface area (Å²) in [4.78, 5) is 33.2. The summed E-state index contributed by atoms with van der Waals surface area (Å²) in [6.45, 7) is 5.88. The van der Waals surface area contributed by atoms with Gasteiger partial charge >= 0.3 is 11.9 Å². The Morgan fingerprint density at radius 3 is 1.60 bits per heavy atom. The van der Waals surface area contributed by atoms with Crippen LogP contribution in [0.1, 0.15) is 47.1 Å². The fourth-order valence-corrected chi connectivity index (χ4v) is 2.82. The number of ether oxygens (including phenoxy) is 2. The molecule has 0 atom stereocenters. The minimum absolute atomic E-state index is 0.0590. The molecule has 0 aliphatic carbocycles. The monoisotopic (exact) mass is 444 g/mol. The SMILES string of the molecule is CC(C)(C)c1cc(C(=O)Oc2cccnc2Cl)cc(C(=O)Oc2cccnc2Cl)c1. The quantitative estimate of drug-likeness (QED) is 0.389. The Bertz CT molecular complexity index is 1030. The standard InChI is InChI=1S/C22H18Cl2N2O4/c1-22(2,3)15-11-13(20(27)29-16-6-4-8-25-18(16)23)10-14(12-15)21(28)30-17-7-5-9-26-19(17)24/h4-12H,1-3H3. The third-order valence-corrected chi connectivity index (χ3v) is 4.69. The second-order valence-corrected chi connectivity index (χ2v) is 8.13. The Morgan fingerprint density at radius 1 is 0.800 bits per heavy atom. The van der Waals surface area contributed by atoms with Crippen LogP contribution in [0.5, 0.6) is 11.5 Å². The largest absolute Gasteiger partial charge is 0.420 e. The first kappa shape index (κ1) is 21.7. The molecule has 154 valence electrons. The molecular formula is C22H18Cl2N2O4. The zero-order valence-corrected chi connectivity index (χ0v) is 18.0. The molecule has 0 saturated carbocycles. The van der Waals surface area contributed by atoms with Gasteiger partial charge in [-0.25, -0.2) is 19.6 Å². The lowest BCUT2D eigenvalue weighted by molar-refractivity contribution is 0.0734. The second-order valence-electron chi connectivity index (χ2n) is 7.41. The molecule has 0 N–H and O–H groups in total. The predicted molar refractivity (Wildman–Crippen MR) is 114 cm³/mol. The normalized spacial score (nSPS) is 11.1. The number of carbonyl (C=O) groups excluding carboxylic acids is 2. The Labute approximate surface area is 183 Å². The van der Waals surface area contributed by atoms with E-state index in [1.807, 2.05) is 20.8 Å². The molecule has 30 heavy (non-hydrogen) atoms. The first-order valence-corrected chi connectivity index (χ1v) is 9.71. The van der Waals surface area contributed by atoms with Crippen LogP contribution in [-0.2, 0) is 5.41 Å². The third kappa shape index (κ3) is 5.14. The second kappa shape index (κ2) is 8.81. The summed E-state index contributed by atoms with van der Waals surface area (Å²) >= 11 is 11.9. The minimum Gasteiger partial charge on any atom is -0.420 e. The number of halogens is 2. The van der Waals surface area contributed by atoms with Crippen molar-refractivity contribution in [2.75, 3.05) is 0 Å². The van der Waals surface area contributed by atoms with Gasteiger partial charge in [-0.1, -0.05) is 44.0 Å². The van der Waals surface area contributed by atoms with Gasteiger partial charge in [-0.05, 0) is 53.4 Å². The van der Waals surface area contributed by atoms with Crippen LogP contribution in [0.3, 0.4) is 0 Å². The average molecular weight is 445 g/mol. The number of hydrogen-bond acceptors (Lipinski definition) is 6. The molecule has 0 aliphatic heterocycles. The van der Waals surface area contributed by atoms with Crippen LogP contribution in [0, 0.1) is 0 Å². The van der Waals surface area contributed by atoms with Gasteiger partial charge in [0.25, 0.3) is 0 Å². The van der Waals surface area contributed by atoms with Crippen molar-refractivity contribution in [3.63, 3.8) is 0 Å². The highest BCUT2D eigenvalue weighted by atomic mass is 35.5. The van der Waals surface area contributed by atoms with Gasteiger partial charge in [-0.15, -0.1) is 0 Å². The maximum atomic E-state index is 12.7. The molecule has 3 aromatic rings. The Morgan fingerprint density at radius 2 is 1.23 bits per heavy atom. The van der Waals surface area contributed by atoms with E-state index in [1.54, 1.807) is 24.3 Å². The van der Waals surface area contributed by atoms with Crippen LogP contribution < -0.4 is 9.47 Å². The lowest BCUT2D eigenvalue weighted by atomic mass is 9.85. The van der Waals surface area contributed by atoms with Crippen molar-refractivity contribution in [2.24, 2.45) is 0 Å². The smallest absolute Gasteiger partial charge is 0.343 e. The topological polar surface area (TPSA) is 78.4 Å². The third-order valence-electron chi connectivity index (χ3n) is 4.13. The van der Waals surface area contributed by atoms with E-state index in [9.17, 15) is 9.59 Å². The summed E-state index contributed by atoms with van der Waals surface area (Å²) in [6.07, 6.45) is 2.97. The van der Waals surface area contributed by atoms with Crippen molar-refractivity contribution >= 4 is 35.1 Å². The number of esters is 2. The predicted octanol–water partition coefficient (Wildman–Crippen LogP) is 5.52. The number of hydrogen-bond donors (Lipinski definition) is 0. The summed E-state index contributed by atoms with van der Waals surface area (Å²) in [5, 5.41) is 0.118. The van der Waals surface area contributed by atoms with Crippen molar-refractivity contribution in [3.8, 4) is 11.5 Å². The van der Waals surface area contributed by atoms with E-state index < -0.39 is 11.9 Å². The Hall–Kier alpha value is -2.96. The zero-order valence-electron chi connectivity index (χ0n) is 16.5. The highest BCUT2D eigenvalue weighted by molar-refractivity contribution is 6.31. The summed E-state index contributed by atoms with van der Waals surface area (Å²) in [6, 6.07) is 11.0. The maximum absolute atomic E-state index is 12.7. The van der Waals surface area contributed by atoms with E-state index in [4.69, 9.17) is 32.7 Å². The molecule has 8 heteroatoms. The van der Waals surface area contributed by atoms with Crippen LogP contribution in [0.25, 0.3) is 0 Å². The lowest BCUT2D eigenvalue weighted by Crippen LogP contribution is -2.18. The van der Waals surface area contributed by atoms with Crippen molar-refractivity contribution in [3.05, 3.63) is 81.9 Å². The van der Waals surface area contributed by atoms with E-state index in [-0.39, 0.29) is 38.3 Å². The molecule has 0 bridgehead atoms. The van der Waals surface area contributed by atoms with Gasteiger partial charge in [0.1, 0.15) is 0 Å². The molecule has 1 aromatic carbocycles. The van der Waals surface area contributed by atoms with E-state index in [1.165, 1.54) is 30.6 Å². The highest BCUT2D eigenvalue weighted by Gasteiger charge is 2.22. The number of benzene rings is 1. The van der Waals surface area contributed by atoms with E-state index in [0.29, 0.717) is 0 Å². The van der Waals surface area contributed by atoms with E-state index in [2.05, 4.69) is 9.97 Å². The average Bonchev–Trinajstić information content (AvgIpc) is 2.70. The number of nitrogens with zero attached hydrogens (tertiary/aromatic N) is 2. The van der Waals surface area contributed by atoms with Crippen molar-refractivity contribution in [1.29, 1.82) is 0 Å². The van der Waals surface area contributed by atoms with Crippen molar-refractivity contribution in [2.45, 2.75) is 26.2 Å². The number of carbonyl (C=O) groups is 2. The molecule has 0 saturated heterocycles. The molecule has 0 amide bonds. The van der Waals surface area contributed by atoms with Crippen LogP contribution in [-0.4, -0.2) is 21.9 Å². The zero-order chi connectivity index (χ0) is 21.9. The molecule has 3 rings (SSSR count). The minimum atomic E-state index is -0.676. The van der Waals surface area contributed by atoms with Crippen molar-refractivity contribution in [1.82, 2.24) is 9.97 Å². The van der Waals surface area contributed by atoms with Gasteiger partial charge in [-0.3, -0.25) is 0 Å². The molecule has 0 aliphatic rings. The molecule has 2 heterocycles. The van der Waals surface area contributed by atoms with Crippen LogP contribution in [0.4, 0.5) is 0 Å². The molecule has 2 aromatic heterocycles. The lowest BCUT2D eigenvalue weighted by Gasteiger charge is -2.21. The van der Waals surface area contributed by atoms with Crippen LogP contribution in [0.2, 0.25) is 10.3 Å². The maximum Gasteiger partial charge on any atom is 0.343 e. The molecule has 0 radical (unpaired) electrons. The number of pyridine rings is 2. The number of rotatable bonds is 4. The Balaban J connectivity index is 1.96. The Kier molecular flexibility index (Phi) is 6.39. The summed E-state index contributed by atoms with van der Waals surface area (Å²) in [5.41, 5.74) is 0.750. The van der Waals surface area contributed by atoms with Crippen molar-refractivity contribution < 1.29 is 19.1 Å². The van der Waals surface area contributed by atoms with Gasteiger partial charge < -0.3 is 9.47 Å². The number of aromatic nitrogens is 2. The fraction of sp³-hybridized carbons (Fsp3) is 0.182. The van der Waals surface area contributed by atoms with Gasteiger partial charge in [0.15, 0.2) is 21.8 Å². The van der Waals surface area contributed by atoms with Gasteiger partial charge in [-0.2, -0.15) is 0 Å². The summed E-state index contributed by atoms with van der Waals surface area (Å²) < 4.78 is 10.7. The highest BCUT2D eigenvalue weighted by Crippen LogP contribution is 2.28. The molecular weight excluding hydrogens is 427 g/mol. The van der Waals surface area contributed by atoms with E-state index >= 15 is 0 Å². The van der Waals surface area contributed by atoms with Gasteiger partial charge in [0, 0.05) is 12.4 Å². The molecule has 0 fully saturated rings. The van der Waals surface area contributed by atoms with Crippen LogP contribution >= 0.6 is 23.2 Å². The first-order valence-electron chi connectivity index (χ1n) is 8.96. The van der Waals surface area contributed by atoms with Gasteiger partial charge in [0.2, 0.25) is 0 Å². The molecule has 0 spiro atoms.